The van der Waals surface area contributed by atoms with E-state index in [1.807, 2.05) is 6.07 Å². The first-order chi connectivity index (χ1) is 12.9. The van der Waals surface area contributed by atoms with Gasteiger partial charge in [0.2, 0.25) is 5.70 Å². The summed E-state index contributed by atoms with van der Waals surface area (Å²) in [5.74, 6) is -1.66. The minimum Gasteiger partial charge on any atom is -0.504 e. The highest BCUT2D eigenvalue weighted by Crippen LogP contribution is 2.26. The first kappa shape index (κ1) is 20.2. The predicted molar refractivity (Wildman–Crippen MR) is 98.1 cm³/mol. The molecule has 0 radical (unpaired) electrons. The number of nitrogens with zero attached hydrogens (tertiary/aromatic N) is 1. The van der Waals surface area contributed by atoms with Crippen molar-refractivity contribution >= 4 is 18.2 Å². The Balaban J connectivity index is 1.89. The highest BCUT2D eigenvalue weighted by molar-refractivity contribution is 5.86. The summed E-state index contributed by atoms with van der Waals surface area (Å²) in [5.41, 5.74) is 1.63. The molecule has 1 heterocycles. The number of benzene rings is 1. The number of hydrogen-bond acceptors (Lipinski definition) is 5. The van der Waals surface area contributed by atoms with E-state index in [4.69, 9.17) is 14.9 Å². The number of carboxylic acid groups (broad SMARTS) is 2. The molecule has 2 rings (SSSR count). The van der Waals surface area contributed by atoms with E-state index in [-0.39, 0.29) is 17.9 Å². The van der Waals surface area contributed by atoms with Gasteiger partial charge >= 0.3 is 11.9 Å². The van der Waals surface area contributed by atoms with Crippen molar-refractivity contribution in [2.75, 3.05) is 13.7 Å². The summed E-state index contributed by atoms with van der Waals surface area (Å²) in [6.45, 7) is 0.566. The van der Waals surface area contributed by atoms with Gasteiger partial charge in [0.25, 0.3) is 0 Å². The average molecular weight is 375 g/mol. The minimum absolute atomic E-state index is 0.0189. The van der Waals surface area contributed by atoms with E-state index in [1.165, 1.54) is 18.5 Å². The molecule has 8 heteroatoms. The molecular weight excluding hydrogens is 352 g/mol. The number of phenolic OH excluding ortho intramolecular Hbond substituents is 1. The van der Waals surface area contributed by atoms with Crippen LogP contribution in [0.3, 0.4) is 0 Å². The topological polar surface area (TPSA) is 133 Å². The molecule has 0 bridgehead atoms. The maximum Gasteiger partial charge on any atom is 0.390 e. The third-order valence-corrected chi connectivity index (χ3v) is 4.13. The van der Waals surface area contributed by atoms with Crippen molar-refractivity contribution in [1.82, 2.24) is 0 Å². The third kappa shape index (κ3) is 5.96. The van der Waals surface area contributed by atoms with Crippen LogP contribution in [0.15, 0.2) is 46.6 Å². The van der Waals surface area contributed by atoms with Gasteiger partial charge in [-0.3, -0.25) is 10.3 Å². The molecule has 1 aliphatic heterocycles. The number of rotatable bonds is 8. The van der Waals surface area contributed by atoms with Gasteiger partial charge in [-0.25, -0.2) is 9.59 Å². The second kappa shape index (κ2) is 9.54. The Morgan fingerprint density at radius 3 is 2.81 bits per heavy atom. The standard InChI is InChI=1S/C19H22N2O6/c1-27-17-11-12(4-5-16(17)22)3-2-7-20-8-6-13-9-14(18(23)24)21-15(10-13)19(25)26/h4-6,8-9,11,15,21-22H,2-3,7,10H2,1H3,(H,23,24)(H,25,26)/p+1/b13-6+,20-8?/t15-/m0/s1. The molecule has 0 unspecified atom stereocenters. The summed E-state index contributed by atoms with van der Waals surface area (Å²) < 4.78 is 5.07. The molecule has 1 aliphatic rings. The number of ether oxygens (including phenoxy) is 1. The third-order valence-electron chi connectivity index (χ3n) is 4.13. The lowest BCUT2D eigenvalue weighted by Crippen LogP contribution is -2.92. The van der Waals surface area contributed by atoms with Gasteiger partial charge in [-0.15, -0.1) is 0 Å². The van der Waals surface area contributed by atoms with Crippen LogP contribution in [0.2, 0.25) is 0 Å². The fraction of sp³-hybridized carbons (Fsp3) is 0.316. The Morgan fingerprint density at radius 1 is 1.37 bits per heavy atom. The molecule has 1 aromatic carbocycles. The average Bonchev–Trinajstić information content (AvgIpc) is 2.65. The highest BCUT2D eigenvalue weighted by Gasteiger charge is 2.31. The number of aliphatic carboxylic acids is 2. The summed E-state index contributed by atoms with van der Waals surface area (Å²) >= 11 is 0. The zero-order valence-corrected chi connectivity index (χ0v) is 15.0. The second-order valence-corrected chi connectivity index (χ2v) is 6.13. The number of carbonyl (C=O) groups is 2. The molecule has 0 amide bonds. The van der Waals surface area contributed by atoms with Gasteiger partial charge in [0, 0.05) is 25.3 Å². The molecule has 1 atom stereocenters. The SMILES string of the molecule is COc1cc(CCCN=C/C=C2\C=C(C(=O)O)[NH2+][C@H](C(=O)O)C2)ccc1O. The number of hydrogen-bond donors (Lipinski definition) is 4. The van der Waals surface area contributed by atoms with Crippen molar-refractivity contribution in [2.45, 2.75) is 25.3 Å². The molecule has 0 spiro atoms. The molecule has 27 heavy (non-hydrogen) atoms. The summed E-state index contributed by atoms with van der Waals surface area (Å²) in [7, 11) is 1.50. The van der Waals surface area contributed by atoms with Crippen molar-refractivity contribution in [3.63, 3.8) is 0 Å². The van der Waals surface area contributed by atoms with Crippen molar-refractivity contribution in [1.29, 1.82) is 0 Å². The zero-order chi connectivity index (χ0) is 19.8. The number of phenols is 1. The Morgan fingerprint density at radius 2 is 2.15 bits per heavy atom. The van der Waals surface area contributed by atoms with E-state index in [0.717, 1.165) is 18.4 Å². The van der Waals surface area contributed by atoms with Crippen molar-refractivity contribution in [2.24, 2.45) is 4.99 Å². The number of aliphatic imine (C=N–C) groups is 1. The lowest BCUT2D eigenvalue weighted by Gasteiger charge is -2.16. The molecule has 0 fully saturated rings. The fourth-order valence-corrected chi connectivity index (χ4v) is 2.72. The summed E-state index contributed by atoms with van der Waals surface area (Å²) in [5, 5.41) is 29.0. The Hall–Kier alpha value is -3.13. The smallest absolute Gasteiger partial charge is 0.390 e. The first-order valence-corrected chi connectivity index (χ1v) is 8.48. The zero-order valence-electron chi connectivity index (χ0n) is 15.0. The molecular formula is C19H23N2O6+. The first-order valence-electron chi connectivity index (χ1n) is 8.48. The molecule has 8 nitrogen and oxygen atoms in total. The molecule has 1 aromatic rings. The Labute approximate surface area is 156 Å². The summed E-state index contributed by atoms with van der Waals surface area (Å²) in [6.07, 6.45) is 6.49. The number of aryl methyl sites for hydroxylation is 1. The van der Waals surface area contributed by atoms with Gasteiger partial charge in [-0.1, -0.05) is 6.07 Å². The molecule has 0 aromatic heterocycles. The molecule has 5 N–H and O–H groups in total. The van der Waals surface area contributed by atoms with Crippen LogP contribution >= 0.6 is 0 Å². The van der Waals surface area contributed by atoms with E-state index in [0.29, 0.717) is 17.9 Å². The van der Waals surface area contributed by atoms with Gasteiger partial charge in [0.15, 0.2) is 17.5 Å². The van der Waals surface area contributed by atoms with Crippen LogP contribution in [-0.4, -0.2) is 53.2 Å². The lowest BCUT2D eigenvalue weighted by atomic mass is 10.00. The van der Waals surface area contributed by atoms with Crippen molar-refractivity contribution in [3.8, 4) is 11.5 Å². The molecule has 0 aliphatic carbocycles. The maximum atomic E-state index is 11.1. The van der Waals surface area contributed by atoms with Crippen LogP contribution in [0.4, 0.5) is 0 Å². The number of quaternary nitrogens is 1. The van der Waals surface area contributed by atoms with Crippen molar-refractivity contribution in [3.05, 3.63) is 47.2 Å². The predicted octanol–water partition coefficient (Wildman–Crippen LogP) is 0.719. The summed E-state index contributed by atoms with van der Waals surface area (Å²) in [6, 6.07) is 4.36. The number of aromatic hydroxyl groups is 1. The lowest BCUT2D eigenvalue weighted by molar-refractivity contribution is -0.629. The number of nitrogens with two attached hydrogens (primary N) is 1. The van der Waals surface area contributed by atoms with Crippen LogP contribution in [-0.2, 0) is 16.0 Å². The number of carboxylic acids is 2. The van der Waals surface area contributed by atoms with E-state index in [2.05, 4.69) is 4.99 Å². The normalized spacial score (nSPS) is 18.5. The van der Waals surface area contributed by atoms with Gasteiger partial charge in [0.05, 0.1) is 7.11 Å². The van der Waals surface area contributed by atoms with Crippen LogP contribution < -0.4 is 10.1 Å². The minimum atomic E-state index is -1.15. The molecule has 0 saturated heterocycles. The van der Waals surface area contributed by atoms with E-state index in [1.54, 1.807) is 24.4 Å². The Bertz CT molecular complexity index is 797. The largest absolute Gasteiger partial charge is 0.504 e. The van der Waals surface area contributed by atoms with Crippen LogP contribution in [0.25, 0.3) is 0 Å². The fourth-order valence-electron chi connectivity index (χ4n) is 2.72. The van der Waals surface area contributed by atoms with Crippen LogP contribution in [0, 0.1) is 0 Å². The second-order valence-electron chi connectivity index (χ2n) is 6.13. The summed E-state index contributed by atoms with van der Waals surface area (Å²) in [4.78, 5) is 26.5. The van der Waals surface area contributed by atoms with Gasteiger partial charge in [0.1, 0.15) is 0 Å². The molecule has 0 saturated carbocycles. The van der Waals surface area contributed by atoms with E-state index >= 15 is 0 Å². The Kier molecular flexibility index (Phi) is 7.13. The van der Waals surface area contributed by atoms with E-state index in [9.17, 15) is 14.7 Å². The van der Waals surface area contributed by atoms with Crippen molar-refractivity contribution < 1.29 is 35.0 Å². The van der Waals surface area contributed by atoms with Gasteiger partial charge in [-0.05, 0) is 42.2 Å². The van der Waals surface area contributed by atoms with Crippen LogP contribution in [0.5, 0.6) is 11.5 Å². The maximum absolute atomic E-state index is 11.1. The van der Waals surface area contributed by atoms with E-state index < -0.39 is 18.0 Å². The van der Waals surface area contributed by atoms with Gasteiger partial charge in [-0.2, -0.15) is 0 Å². The van der Waals surface area contributed by atoms with Gasteiger partial charge < -0.3 is 20.1 Å². The number of allylic oxidation sites excluding steroid dienone is 2. The quantitative estimate of drug-likeness (QED) is 0.391. The molecule has 144 valence electrons. The highest BCUT2D eigenvalue weighted by atomic mass is 16.5. The van der Waals surface area contributed by atoms with Crippen LogP contribution in [0.1, 0.15) is 18.4 Å². The number of methoxy groups -OCH3 is 1. The monoisotopic (exact) mass is 375 g/mol.